The third-order valence-electron chi connectivity index (χ3n) is 3.09. The SMILES string of the molecule is COc1cc(C)ccc1N1CC(CO)CC1=O. The number of carbonyl (C=O) groups is 1. The molecule has 1 unspecified atom stereocenters. The molecule has 0 saturated carbocycles. The van der Waals surface area contributed by atoms with Gasteiger partial charge in [-0.25, -0.2) is 0 Å². The Balaban J connectivity index is 2.31. The fraction of sp³-hybridized carbons (Fsp3) is 0.462. The van der Waals surface area contributed by atoms with E-state index in [1.165, 1.54) is 0 Å². The van der Waals surface area contributed by atoms with E-state index >= 15 is 0 Å². The fourth-order valence-electron chi connectivity index (χ4n) is 2.14. The quantitative estimate of drug-likeness (QED) is 0.860. The van der Waals surface area contributed by atoms with Gasteiger partial charge in [0.2, 0.25) is 5.91 Å². The number of benzene rings is 1. The summed E-state index contributed by atoms with van der Waals surface area (Å²) in [4.78, 5) is 13.5. The molecule has 17 heavy (non-hydrogen) atoms. The number of aliphatic hydroxyl groups excluding tert-OH is 1. The summed E-state index contributed by atoms with van der Waals surface area (Å²) in [5.41, 5.74) is 1.88. The molecule has 1 amide bonds. The second kappa shape index (κ2) is 4.75. The summed E-state index contributed by atoms with van der Waals surface area (Å²) in [5, 5.41) is 9.11. The van der Waals surface area contributed by atoms with Crippen molar-refractivity contribution in [1.82, 2.24) is 0 Å². The van der Waals surface area contributed by atoms with Crippen LogP contribution in [0.1, 0.15) is 12.0 Å². The van der Waals surface area contributed by atoms with E-state index in [0.717, 1.165) is 11.3 Å². The van der Waals surface area contributed by atoms with Crippen molar-refractivity contribution in [1.29, 1.82) is 0 Å². The van der Waals surface area contributed by atoms with E-state index in [2.05, 4.69) is 0 Å². The first-order valence-electron chi connectivity index (χ1n) is 5.71. The van der Waals surface area contributed by atoms with E-state index in [0.29, 0.717) is 18.7 Å². The zero-order valence-electron chi connectivity index (χ0n) is 10.1. The van der Waals surface area contributed by atoms with Crippen LogP contribution in [0.15, 0.2) is 18.2 Å². The second-order valence-corrected chi connectivity index (χ2v) is 4.43. The smallest absolute Gasteiger partial charge is 0.227 e. The van der Waals surface area contributed by atoms with Crippen LogP contribution in [0.2, 0.25) is 0 Å². The summed E-state index contributed by atoms with van der Waals surface area (Å²) in [5.74, 6) is 0.789. The Morgan fingerprint density at radius 3 is 2.88 bits per heavy atom. The van der Waals surface area contributed by atoms with Crippen molar-refractivity contribution in [3.8, 4) is 5.75 Å². The minimum Gasteiger partial charge on any atom is -0.495 e. The predicted molar refractivity (Wildman–Crippen MR) is 65.3 cm³/mol. The number of aryl methyl sites for hydroxylation is 1. The normalized spacial score (nSPS) is 19.8. The molecule has 0 bridgehead atoms. The summed E-state index contributed by atoms with van der Waals surface area (Å²) >= 11 is 0. The van der Waals surface area contributed by atoms with Gasteiger partial charge in [-0.15, -0.1) is 0 Å². The molecule has 1 heterocycles. The zero-order chi connectivity index (χ0) is 12.4. The van der Waals surface area contributed by atoms with Gasteiger partial charge in [0.15, 0.2) is 0 Å². The zero-order valence-corrected chi connectivity index (χ0v) is 10.1. The molecule has 92 valence electrons. The van der Waals surface area contributed by atoms with Crippen molar-refractivity contribution in [2.24, 2.45) is 5.92 Å². The lowest BCUT2D eigenvalue weighted by molar-refractivity contribution is -0.117. The average molecular weight is 235 g/mol. The molecular weight excluding hydrogens is 218 g/mol. The summed E-state index contributed by atoms with van der Waals surface area (Å²) in [6, 6.07) is 5.76. The molecule has 0 radical (unpaired) electrons. The third-order valence-corrected chi connectivity index (χ3v) is 3.09. The topological polar surface area (TPSA) is 49.8 Å². The molecule has 1 saturated heterocycles. The predicted octanol–water partition coefficient (Wildman–Crippen LogP) is 1.35. The number of methoxy groups -OCH3 is 1. The molecule has 4 heteroatoms. The maximum atomic E-state index is 11.9. The van der Waals surface area contributed by atoms with Crippen LogP contribution < -0.4 is 9.64 Å². The fourth-order valence-corrected chi connectivity index (χ4v) is 2.14. The number of carbonyl (C=O) groups excluding carboxylic acids is 1. The first-order chi connectivity index (χ1) is 8.15. The molecular formula is C13H17NO3. The summed E-state index contributed by atoms with van der Waals surface area (Å²) in [6.45, 7) is 2.60. The Kier molecular flexibility index (Phi) is 3.33. The second-order valence-electron chi connectivity index (χ2n) is 4.43. The Morgan fingerprint density at radius 1 is 1.53 bits per heavy atom. The van der Waals surface area contributed by atoms with Gasteiger partial charge in [0.05, 0.1) is 12.8 Å². The van der Waals surface area contributed by atoms with Crippen LogP contribution in [0.5, 0.6) is 5.75 Å². The highest BCUT2D eigenvalue weighted by atomic mass is 16.5. The Labute approximate surface area is 101 Å². The summed E-state index contributed by atoms with van der Waals surface area (Å²) < 4.78 is 5.30. The molecule has 1 aliphatic heterocycles. The monoisotopic (exact) mass is 235 g/mol. The van der Waals surface area contributed by atoms with Crippen molar-refractivity contribution >= 4 is 11.6 Å². The van der Waals surface area contributed by atoms with Crippen molar-refractivity contribution in [3.05, 3.63) is 23.8 Å². The lowest BCUT2D eigenvalue weighted by Gasteiger charge is -2.19. The molecule has 1 atom stereocenters. The number of amides is 1. The number of hydrogen-bond donors (Lipinski definition) is 1. The minimum atomic E-state index is 0.0357. The molecule has 2 rings (SSSR count). The maximum Gasteiger partial charge on any atom is 0.227 e. The van der Waals surface area contributed by atoms with Gasteiger partial charge in [-0.05, 0) is 24.6 Å². The molecule has 1 aromatic carbocycles. The van der Waals surface area contributed by atoms with Gasteiger partial charge in [-0.2, -0.15) is 0 Å². The van der Waals surface area contributed by atoms with Crippen LogP contribution in [-0.2, 0) is 4.79 Å². The minimum absolute atomic E-state index is 0.0357. The Hall–Kier alpha value is -1.55. The van der Waals surface area contributed by atoms with Gasteiger partial charge in [-0.1, -0.05) is 6.07 Å². The van der Waals surface area contributed by atoms with Crippen molar-refractivity contribution in [2.45, 2.75) is 13.3 Å². The molecule has 0 aliphatic carbocycles. The van der Waals surface area contributed by atoms with Crippen LogP contribution in [0.4, 0.5) is 5.69 Å². The first kappa shape index (κ1) is 11.9. The lowest BCUT2D eigenvalue weighted by atomic mass is 10.1. The van der Waals surface area contributed by atoms with Gasteiger partial charge in [0.25, 0.3) is 0 Å². The molecule has 4 nitrogen and oxygen atoms in total. The van der Waals surface area contributed by atoms with Crippen LogP contribution in [-0.4, -0.2) is 31.3 Å². The highest BCUT2D eigenvalue weighted by molar-refractivity contribution is 5.97. The van der Waals surface area contributed by atoms with Crippen molar-refractivity contribution in [3.63, 3.8) is 0 Å². The van der Waals surface area contributed by atoms with E-state index in [4.69, 9.17) is 9.84 Å². The molecule has 1 N–H and O–H groups in total. The average Bonchev–Trinajstić information content (AvgIpc) is 2.70. The van der Waals surface area contributed by atoms with Crippen LogP contribution >= 0.6 is 0 Å². The van der Waals surface area contributed by atoms with E-state index in [-0.39, 0.29) is 18.4 Å². The maximum absolute atomic E-state index is 11.9. The standard InChI is InChI=1S/C13H17NO3/c1-9-3-4-11(12(5-9)17-2)14-7-10(8-15)6-13(14)16/h3-5,10,15H,6-8H2,1-2H3. The largest absolute Gasteiger partial charge is 0.495 e. The Bertz CT molecular complexity index is 431. The van der Waals surface area contributed by atoms with Crippen molar-refractivity contribution < 1.29 is 14.6 Å². The van der Waals surface area contributed by atoms with Crippen molar-refractivity contribution in [2.75, 3.05) is 25.2 Å². The number of nitrogens with zero attached hydrogens (tertiary/aromatic N) is 1. The molecule has 1 aromatic rings. The van der Waals surface area contributed by atoms with E-state index in [1.54, 1.807) is 12.0 Å². The molecule has 1 fully saturated rings. The van der Waals surface area contributed by atoms with Crippen LogP contribution in [0.25, 0.3) is 0 Å². The number of anilines is 1. The summed E-state index contributed by atoms with van der Waals surface area (Å²) in [7, 11) is 1.60. The van der Waals surface area contributed by atoms with Crippen LogP contribution in [0.3, 0.4) is 0 Å². The van der Waals surface area contributed by atoms with E-state index in [9.17, 15) is 4.79 Å². The highest BCUT2D eigenvalue weighted by Gasteiger charge is 2.31. The third kappa shape index (κ3) is 2.26. The Morgan fingerprint density at radius 2 is 2.29 bits per heavy atom. The molecule has 0 spiro atoms. The van der Waals surface area contributed by atoms with Gasteiger partial charge in [-0.3, -0.25) is 4.79 Å². The van der Waals surface area contributed by atoms with Gasteiger partial charge >= 0.3 is 0 Å². The summed E-state index contributed by atoms with van der Waals surface area (Å²) in [6.07, 6.45) is 0.410. The molecule has 1 aliphatic rings. The number of hydrogen-bond acceptors (Lipinski definition) is 3. The number of rotatable bonds is 3. The van der Waals surface area contributed by atoms with Gasteiger partial charge < -0.3 is 14.7 Å². The first-order valence-corrected chi connectivity index (χ1v) is 5.71. The van der Waals surface area contributed by atoms with E-state index in [1.807, 2.05) is 25.1 Å². The number of aliphatic hydroxyl groups is 1. The van der Waals surface area contributed by atoms with E-state index < -0.39 is 0 Å². The molecule has 0 aromatic heterocycles. The highest BCUT2D eigenvalue weighted by Crippen LogP contribution is 2.33. The van der Waals surface area contributed by atoms with Gasteiger partial charge in [0, 0.05) is 25.5 Å². The lowest BCUT2D eigenvalue weighted by Crippen LogP contribution is -2.25. The van der Waals surface area contributed by atoms with Gasteiger partial charge in [0.1, 0.15) is 5.75 Å². The van der Waals surface area contributed by atoms with Crippen LogP contribution in [0, 0.1) is 12.8 Å². The number of ether oxygens (including phenoxy) is 1.